The zero-order chi connectivity index (χ0) is 17.1. The van der Waals surface area contributed by atoms with Crippen molar-refractivity contribution in [3.05, 3.63) is 54.4 Å². The SMILES string of the molecule is O=C(NCc1ccccc1)N1CCN(c2ccc3nncn3n2)CC1. The summed E-state index contributed by atoms with van der Waals surface area (Å²) >= 11 is 0. The van der Waals surface area contributed by atoms with Gasteiger partial charge in [-0.25, -0.2) is 4.79 Å². The smallest absolute Gasteiger partial charge is 0.317 e. The summed E-state index contributed by atoms with van der Waals surface area (Å²) in [6.45, 7) is 3.38. The molecule has 8 nitrogen and oxygen atoms in total. The average Bonchev–Trinajstić information content (AvgIpc) is 3.15. The largest absolute Gasteiger partial charge is 0.352 e. The van der Waals surface area contributed by atoms with Gasteiger partial charge in [0, 0.05) is 32.7 Å². The summed E-state index contributed by atoms with van der Waals surface area (Å²) < 4.78 is 1.66. The number of carbonyl (C=O) groups is 1. The van der Waals surface area contributed by atoms with Crippen LogP contribution in [0.4, 0.5) is 10.6 Å². The van der Waals surface area contributed by atoms with Gasteiger partial charge in [-0.05, 0) is 17.7 Å². The molecule has 0 aliphatic carbocycles. The van der Waals surface area contributed by atoms with Gasteiger partial charge in [0.25, 0.3) is 0 Å². The van der Waals surface area contributed by atoms with Crippen molar-refractivity contribution in [2.45, 2.75) is 6.54 Å². The van der Waals surface area contributed by atoms with Crippen molar-refractivity contribution in [3.63, 3.8) is 0 Å². The molecule has 8 heteroatoms. The maximum absolute atomic E-state index is 12.3. The second-order valence-electron chi connectivity index (χ2n) is 5.94. The molecule has 0 unspecified atom stereocenters. The molecule has 1 N–H and O–H groups in total. The maximum Gasteiger partial charge on any atom is 0.317 e. The van der Waals surface area contributed by atoms with Crippen molar-refractivity contribution in [2.75, 3.05) is 31.1 Å². The van der Waals surface area contributed by atoms with Crippen LogP contribution in [0.2, 0.25) is 0 Å². The fourth-order valence-corrected chi connectivity index (χ4v) is 2.91. The topological polar surface area (TPSA) is 78.7 Å². The molecular formula is C17H19N7O. The highest BCUT2D eigenvalue weighted by Crippen LogP contribution is 2.14. The maximum atomic E-state index is 12.3. The fourth-order valence-electron chi connectivity index (χ4n) is 2.91. The lowest BCUT2D eigenvalue weighted by atomic mass is 10.2. The molecule has 2 amide bonds. The Kier molecular flexibility index (Phi) is 4.16. The summed E-state index contributed by atoms with van der Waals surface area (Å²) in [6, 6.07) is 13.7. The van der Waals surface area contributed by atoms with E-state index in [9.17, 15) is 4.79 Å². The highest BCUT2D eigenvalue weighted by molar-refractivity contribution is 5.74. The van der Waals surface area contributed by atoms with E-state index in [-0.39, 0.29) is 6.03 Å². The molecule has 4 rings (SSSR count). The van der Waals surface area contributed by atoms with Crippen LogP contribution in [0.1, 0.15) is 5.56 Å². The van der Waals surface area contributed by atoms with Crippen LogP contribution in [0.5, 0.6) is 0 Å². The number of nitrogens with one attached hydrogen (secondary N) is 1. The number of amides is 2. The molecule has 1 aromatic carbocycles. The van der Waals surface area contributed by atoms with Gasteiger partial charge in [0.15, 0.2) is 5.65 Å². The van der Waals surface area contributed by atoms with Crippen molar-refractivity contribution >= 4 is 17.5 Å². The second kappa shape index (κ2) is 6.76. The Bertz CT molecular complexity index is 856. The normalized spacial score (nSPS) is 14.7. The van der Waals surface area contributed by atoms with Crippen molar-refractivity contribution in [1.82, 2.24) is 30.0 Å². The molecule has 1 saturated heterocycles. The van der Waals surface area contributed by atoms with Crippen LogP contribution in [-0.4, -0.2) is 56.9 Å². The first-order valence-electron chi connectivity index (χ1n) is 8.28. The molecule has 1 aliphatic heterocycles. The summed E-state index contributed by atoms with van der Waals surface area (Å²) in [5.41, 5.74) is 1.82. The predicted octanol–water partition coefficient (Wildman–Crippen LogP) is 1.16. The summed E-state index contributed by atoms with van der Waals surface area (Å²) in [4.78, 5) is 16.3. The predicted molar refractivity (Wildman–Crippen MR) is 93.2 cm³/mol. The molecule has 1 aliphatic rings. The van der Waals surface area contributed by atoms with E-state index in [4.69, 9.17) is 0 Å². The van der Waals surface area contributed by atoms with Crippen LogP contribution in [0.15, 0.2) is 48.8 Å². The van der Waals surface area contributed by atoms with Gasteiger partial charge in [-0.3, -0.25) is 0 Å². The lowest BCUT2D eigenvalue weighted by Gasteiger charge is -2.35. The van der Waals surface area contributed by atoms with Gasteiger partial charge in [0.1, 0.15) is 12.1 Å². The minimum atomic E-state index is -0.0225. The van der Waals surface area contributed by atoms with Gasteiger partial charge in [0.2, 0.25) is 0 Å². The summed E-state index contributed by atoms with van der Waals surface area (Å²) in [5.74, 6) is 0.872. The van der Waals surface area contributed by atoms with Gasteiger partial charge in [-0.1, -0.05) is 30.3 Å². The third-order valence-electron chi connectivity index (χ3n) is 4.33. The van der Waals surface area contributed by atoms with Crippen LogP contribution < -0.4 is 10.2 Å². The monoisotopic (exact) mass is 337 g/mol. The van der Waals surface area contributed by atoms with E-state index in [1.54, 1.807) is 10.8 Å². The van der Waals surface area contributed by atoms with E-state index in [1.807, 2.05) is 47.4 Å². The molecule has 128 valence electrons. The summed E-state index contributed by atoms with van der Waals surface area (Å²) in [7, 11) is 0. The van der Waals surface area contributed by atoms with Gasteiger partial charge in [-0.2, -0.15) is 4.52 Å². The van der Waals surface area contributed by atoms with Gasteiger partial charge >= 0.3 is 6.03 Å². The Balaban J connectivity index is 1.32. The van der Waals surface area contributed by atoms with Gasteiger partial charge < -0.3 is 15.1 Å². The first kappa shape index (κ1) is 15.4. The third-order valence-corrected chi connectivity index (χ3v) is 4.33. The van der Waals surface area contributed by atoms with E-state index < -0.39 is 0 Å². The molecule has 3 heterocycles. The lowest BCUT2D eigenvalue weighted by molar-refractivity contribution is 0.194. The fraction of sp³-hybridized carbons (Fsp3) is 0.294. The van der Waals surface area contributed by atoms with Gasteiger partial charge in [0.05, 0.1) is 0 Å². The summed E-state index contributed by atoms with van der Waals surface area (Å²) in [5, 5.41) is 15.3. The number of nitrogens with zero attached hydrogens (tertiary/aromatic N) is 6. The van der Waals surface area contributed by atoms with Gasteiger partial charge in [-0.15, -0.1) is 15.3 Å². The zero-order valence-electron chi connectivity index (χ0n) is 13.7. The Hall–Kier alpha value is -3.16. The first-order valence-corrected chi connectivity index (χ1v) is 8.28. The number of fused-ring (bicyclic) bond motifs is 1. The minimum Gasteiger partial charge on any atom is -0.352 e. The molecule has 0 saturated carbocycles. The summed E-state index contributed by atoms with van der Waals surface area (Å²) in [6.07, 6.45) is 1.59. The first-order chi connectivity index (χ1) is 12.3. The number of aromatic nitrogens is 4. The molecule has 0 bridgehead atoms. The molecule has 25 heavy (non-hydrogen) atoms. The van der Waals surface area contributed by atoms with Crippen LogP contribution in [0.3, 0.4) is 0 Å². The lowest BCUT2D eigenvalue weighted by Crippen LogP contribution is -2.52. The van der Waals surface area contributed by atoms with E-state index in [0.717, 1.165) is 30.1 Å². The third kappa shape index (κ3) is 3.37. The van der Waals surface area contributed by atoms with E-state index in [2.05, 4.69) is 25.5 Å². The molecule has 0 radical (unpaired) electrons. The Morgan fingerprint density at radius 1 is 1.04 bits per heavy atom. The molecule has 3 aromatic rings. The number of anilines is 1. The Morgan fingerprint density at radius 2 is 1.84 bits per heavy atom. The van der Waals surface area contributed by atoms with Crippen molar-refractivity contribution in [2.24, 2.45) is 0 Å². The second-order valence-corrected chi connectivity index (χ2v) is 5.94. The van der Waals surface area contributed by atoms with Crippen LogP contribution in [0, 0.1) is 0 Å². The molecule has 2 aromatic heterocycles. The number of hydrogen-bond donors (Lipinski definition) is 1. The standard InChI is InChI=1S/C17H19N7O/c25-17(18-12-14-4-2-1-3-5-14)23-10-8-22(9-11-23)16-7-6-15-20-19-13-24(15)21-16/h1-7,13H,8-12H2,(H,18,25). The number of carbonyl (C=O) groups excluding carboxylic acids is 1. The van der Waals surface area contributed by atoms with Crippen LogP contribution in [0.25, 0.3) is 5.65 Å². The molecule has 1 fully saturated rings. The number of piperazine rings is 1. The molecule has 0 spiro atoms. The van der Waals surface area contributed by atoms with Crippen molar-refractivity contribution in [1.29, 1.82) is 0 Å². The van der Waals surface area contributed by atoms with E-state index >= 15 is 0 Å². The molecular weight excluding hydrogens is 318 g/mol. The highest BCUT2D eigenvalue weighted by atomic mass is 16.2. The quantitative estimate of drug-likeness (QED) is 0.776. The molecule has 0 atom stereocenters. The zero-order valence-corrected chi connectivity index (χ0v) is 13.7. The number of urea groups is 1. The van der Waals surface area contributed by atoms with E-state index in [1.165, 1.54) is 0 Å². The number of rotatable bonds is 3. The van der Waals surface area contributed by atoms with Crippen molar-refractivity contribution < 1.29 is 4.79 Å². The average molecular weight is 337 g/mol. The highest BCUT2D eigenvalue weighted by Gasteiger charge is 2.22. The van der Waals surface area contributed by atoms with Crippen LogP contribution in [-0.2, 0) is 6.54 Å². The van der Waals surface area contributed by atoms with E-state index in [0.29, 0.717) is 19.6 Å². The number of hydrogen-bond acceptors (Lipinski definition) is 5. The van der Waals surface area contributed by atoms with Crippen molar-refractivity contribution in [3.8, 4) is 0 Å². The Morgan fingerprint density at radius 3 is 2.64 bits per heavy atom. The Labute approximate surface area is 145 Å². The van der Waals surface area contributed by atoms with Crippen LogP contribution >= 0.6 is 0 Å². The minimum absolute atomic E-state index is 0.0225. The number of benzene rings is 1.